The van der Waals surface area contributed by atoms with Crippen LogP contribution in [0.2, 0.25) is 0 Å². The summed E-state index contributed by atoms with van der Waals surface area (Å²) in [5, 5.41) is 3.16. The Bertz CT molecular complexity index is 102. The summed E-state index contributed by atoms with van der Waals surface area (Å²) in [7, 11) is 0. The molecule has 1 radical (unpaired) electrons. The third-order valence-corrected chi connectivity index (χ3v) is 1.58. The second-order valence-electron chi connectivity index (χ2n) is 2.11. The summed E-state index contributed by atoms with van der Waals surface area (Å²) in [6.07, 6.45) is 2.26. The van der Waals surface area contributed by atoms with E-state index in [1.54, 1.807) is 0 Å². The quantitative estimate of drug-likeness (QED) is 0.413. The van der Waals surface area contributed by atoms with E-state index < -0.39 is 0 Å². The number of hydrogen-bond donors (Lipinski definition) is 1. The second kappa shape index (κ2) is 7.10. The van der Waals surface area contributed by atoms with Crippen molar-refractivity contribution in [2.45, 2.75) is 26.7 Å². The van der Waals surface area contributed by atoms with Crippen molar-refractivity contribution in [1.29, 1.82) is 0 Å². The molecule has 0 rings (SSSR count). The van der Waals surface area contributed by atoms with Crippen LogP contribution in [-0.4, -0.2) is 33.8 Å². The zero-order chi connectivity index (χ0) is 7.82. The van der Waals surface area contributed by atoms with E-state index in [0.29, 0.717) is 0 Å². The van der Waals surface area contributed by atoms with Crippen LogP contribution in [0.3, 0.4) is 0 Å². The number of aliphatic imine (C=N–C) groups is 1. The Labute approximate surface area is 71.3 Å². The Kier molecular flexibility index (Phi) is 7.09. The number of nitrogens with zero attached hydrogens (tertiary/aromatic N) is 1. The van der Waals surface area contributed by atoms with Gasteiger partial charge in [-0.3, -0.25) is 0 Å². The van der Waals surface area contributed by atoms with Gasteiger partial charge in [-0.25, -0.2) is 0 Å². The summed E-state index contributed by atoms with van der Waals surface area (Å²) in [4.78, 5) is 4.23. The first-order valence-electron chi connectivity index (χ1n) is 3.76. The normalized spacial score (nSPS) is 11.6. The van der Waals surface area contributed by atoms with Crippen molar-refractivity contribution in [3.63, 3.8) is 0 Å². The van der Waals surface area contributed by atoms with Gasteiger partial charge in [-0.1, -0.05) is 0 Å². The van der Waals surface area contributed by atoms with Gasteiger partial charge in [-0.2, -0.15) is 0 Å². The predicted octanol–water partition coefficient (Wildman–Crippen LogP) is 0.920. The SMILES string of the molecule is CCCN=C([Se])NCCC. The van der Waals surface area contributed by atoms with Crippen molar-refractivity contribution in [2.24, 2.45) is 4.99 Å². The van der Waals surface area contributed by atoms with Gasteiger partial charge in [0.15, 0.2) is 0 Å². The molecule has 0 atom stereocenters. The molecule has 0 saturated carbocycles. The standard InChI is InChI=1S/C7H15N2Se/c1-3-5-8-7(10)9-6-4-2/h3-6H2,1-2H3,(H,8,9). The summed E-state index contributed by atoms with van der Waals surface area (Å²) in [5.74, 6) is 0. The van der Waals surface area contributed by atoms with Crippen molar-refractivity contribution in [2.75, 3.05) is 13.1 Å². The van der Waals surface area contributed by atoms with Gasteiger partial charge in [-0.05, 0) is 0 Å². The number of amidine groups is 1. The molecule has 2 nitrogen and oxygen atoms in total. The number of nitrogens with one attached hydrogen (secondary N) is 1. The fourth-order valence-electron chi connectivity index (χ4n) is 0.501. The molecular weight excluding hydrogens is 191 g/mol. The van der Waals surface area contributed by atoms with E-state index >= 15 is 0 Å². The van der Waals surface area contributed by atoms with Crippen LogP contribution in [0, 0.1) is 0 Å². The van der Waals surface area contributed by atoms with Crippen molar-refractivity contribution in [1.82, 2.24) is 5.32 Å². The summed E-state index contributed by atoms with van der Waals surface area (Å²) < 4.78 is 0.948. The van der Waals surface area contributed by atoms with Crippen molar-refractivity contribution in [3.8, 4) is 0 Å². The Morgan fingerprint density at radius 2 is 2.10 bits per heavy atom. The number of rotatable bonds is 4. The van der Waals surface area contributed by atoms with Crippen molar-refractivity contribution in [3.05, 3.63) is 0 Å². The minimum atomic E-state index is 0.916. The molecule has 0 aromatic carbocycles. The van der Waals surface area contributed by atoms with Gasteiger partial charge in [0.25, 0.3) is 0 Å². The predicted molar refractivity (Wildman–Crippen MR) is 46.6 cm³/mol. The fourth-order valence-corrected chi connectivity index (χ4v) is 0.907. The molecule has 0 bridgehead atoms. The Morgan fingerprint density at radius 1 is 1.40 bits per heavy atom. The zero-order valence-corrected chi connectivity index (χ0v) is 8.40. The maximum absolute atomic E-state index is 4.23. The van der Waals surface area contributed by atoms with Gasteiger partial charge in [0.1, 0.15) is 0 Å². The summed E-state index contributed by atoms with van der Waals surface area (Å²) >= 11 is 2.89. The van der Waals surface area contributed by atoms with Crippen LogP contribution < -0.4 is 5.32 Å². The molecule has 0 amide bonds. The summed E-state index contributed by atoms with van der Waals surface area (Å²) in [6.45, 7) is 6.19. The van der Waals surface area contributed by atoms with Crippen LogP contribution in [0.15, 0.2) is 4.99 Å². The van der Waals surface area contributed by atoms with E-state index in [-0.39, 0.29) is 0 Å². The van der Waals surface area contributed by atoms with E-state index in [9.17, 15) is 0 Å². The van der Waals surface area contributed by atoms with E-state index in [1.807, 2.05) is 0 Å². The van der Waals surface area contributed by atoms with Crippen LogP contribution in [0.1, 0.15) is 26.7 Å². The monoisotopic (exact) mass is 207 g/mol. The molecule has 0 spiro atoms. The Hall–Kier alpha value is -0.0105. The average molecular weight is 206 g/mol. The molecule has 0 fully saturated rings. The van der Waals surface area contributed by atoms with Crippen LogP contribution >= 0.6 is 0 Å². The van der Waals surface area contributed by atoms with Crippen molar-refractivity contribution < 1.29 is 0 Å². The number of hydrogen-bond acceptors (Lipinski definition) is 1. The molecule has 3 heteroatoms. The summed E-state index contributed by atoms with van der Waals surface area (Å²) in [6, 6.07) is 0. The van der Waals surface area contributed by atoms with Gasteiger partial charge in [-0.15, -0.1) is 0 Å². The zero-order valence-electron chi connectivity index (χ0n) is 6.68. The molecule has 0 aliphatic rings. The van der Waals surface area contributed by atoms with Crippen molar-refractivity contribution >= 4 is 20.7 Å². The van der Waals surface area contributed by atoms with E-state index in [4.69, 9.17) is 0 Å². The molecule has 0 saturated heterocycles. The first kappa shape index (κ1) is 9.99. The van der Waals surface area contributed by atoms with Crippen LogP contribution in [-0.2, 0) is 0 Å². The molecule has 1 N–H and O–H groups in total. The molecule has 0 aromatic rings. The van der Waals surface area contributed by atoms with Crippen LogP contribution in [0.5, 0.6) is 0 Å². The minimum absolute atomic E-state index is 0.916. The molecule has 0 aromatic heterocycles. The third-order valence-electron chi connectivity index (χ3n) is 1.01. The molecule has 0 unspecified atom stereocenters. The average Bonchev–Trinajstić information content (AvgIpc) is 1.97. The van der Waals surface area contributed by atoms with Gasteiger partial charge >= 0.3 is 70.8 Å². The molecule has 59 valence electrons. The fraction of sp³-hybridized carbons (Fsp3) is 0.857. The second-order valence-corrected chi connectivity index (χ2v) is 2.92. The maximum atomic E-state index is 4.23. The molecule has 0 aliphatic heterocycles. The third kappa shape index (κ3) is 6.11. The van der Waals surface area contributed by atoms with Crippen LogP contribution in [0.25, 0.3) is 0 Å². The van der Waals surface area contributed by atoms with E-state index in [0.717, 1.165) is 30.7 Å². The van der Waals surface area contributed by atoms with Gasteiger partial charge in [0.05, 0.1) is 0 Å². The Morgan fingerprint density at radius 3 is 2.60 bits per heavy atom. The molecular formula is C7H15N2Se. The van der Waals surface area contributed by atoms with E-state index in [1.165, 1.54) is 0 Å². The molecule has 0 heterocycles. The van der Waals surface area contributed by atoms with Gasteiger partial charge in [0.2, 0.25) is 0 Å². The first-order valence-corrected chi connectivity index (χ1v) is 4.62. The van der Waals surface area contributed by atoms with E-state index in [2.05, 4.69) is 40.2 Å². The first-order chi connectivity index (χ1) is 4.81. The molecule has 0 aliphatic carbocycles. The van der Waals surface area contributed by atoms with Gasteiger partial charge in [0, 0.05) is 0 Å². The Balaban J connectivity index is 3.30. The van der Waals surface area contributed by atoms with Crippen LogP contribution in [0.4, 0.5) is 0 Å². The topological polar surface area (TPSA) is 24.4 Å². The van der Waals surface area contributed by atoms with Gasteiger partial charge < -0.3 is 0 Å². The molecule has 10 heavy (non-hydrogen) atoms. The summed E-state index contributed by atoms with van der Waals surface area (Å²) in [5.41, 5.74) is 0.